The van der Waals surface area contributed by atoms with Crippen LogP contribution in [0.5, 0.6) is 0 Å². The molecule has 3 aromatic rings. The van der Waals surface area contributed by atoms with Crippen LogP contribution in [0.25, 0.3) is 0 Å². The molecule has 0 aromatic heterocycles. The lowest BCUT2D eigenvalue weighted by Gasteiger charge is -2.34. The highest BCUT2D eigenvalue weighted by Crippen LogP contribution is 2.16. The van der Waals surface area contributed by atoms with Crippen molar-refractivity contribution in [2.75, 3.05) is 32.7 Å². The first-order valence-electron chi connectivity index (χ1n) is 14.1. The molecule has 6 heteroatoms. The first-order chi connectivity index (χ1) is 19.2. The highest BCUT2D eigenvalue weighted by molar-refractivity contribution is 5.79. The fraction of sp³-hybridized carbons (Fsp3) is 0.394. The zero-order valence-corrected chi connectivity index (χ0v) is 22.8. The zero-order chi connectivity index (χ0) is 27.1. The van der Waals surface area contributed by atoms with E-state index in [9.17, 15) is 9.59 Å². The van der Waals surface area contributed by atoms with E-state index >= 15 is 0 Å². The summed E-state index contributed by atoms with van der Waals surface area (Å²) in [5.41, 5.74) is 3.59. The minimum atomic E-state index is -0.154. The van der Waals surface area contributed by atoms with E-state index in [1.807, 2.05) is 54.6 Å². The summed E-state index contributed by atoms with van der Waals surface area (Å²) in [6.07, 6.45) is 3.59. The number of carbonyl (C=O) groups is 2. The van der Waals surface area contributed by atoms with Gasteiger partial charge in [-0.1, -0.05) is 91.0 Å². The van der Waals surface area contributed by atoms with Crippen molar-refractivity contribution >= 4 is 11.8 Å². The fourth-order valence-electron chi connectivity index (χ4n) is 5.06. The number of ketones is 1. The van der Waals surface area contributed by atoms with Crippen LogP contribution in [0.1, 0.15) is 42.4 Å². The molecule has 2 aliphatic heterocycles. The minimum absolute atomic E-state index is 0.154. The number of benzene rings is 3. The van der Waals surface area contributed by atoms with Gasteiger partial charge in [-0.2, -0.15) is 0 Å². The van der Waals surface area contributed by atoms with Crippen molar-refractivity contribution in [1.29, 1.82) is 0 Å². The van der Waals surface area contributed by atoms with Gasteiger partial charge in [-0.15, -0.1) is 0 Å². The fourth-order valence-corrected chi connectivity index (χ4v) is 5.06. The monoisotopic (exact) mass is 527 g/mol. The molecule has 5 rings (SSSR count). The number of hydrogen-bond donors (Lipinski definition) is 1. The van der Waals surface area contributed by atoms with Gasteiger partial charge in [-0.3, -0.25) is 19.4 Å². The van der Waals surface area contributed by atoms with Crippen molar-refractivity contribution < 1.29 is 14.3 Å². The van der Waals surface area contributed by atoms with Gasteiger partial charge in [0.1, 0.15) is 12.4 Å². The first-order valence-corrected chi connectivity index (χ1v) is 14.1. The number of esters is 1. The Labute approximate surface area is 233 Å². The summed E-state index contributed by atoms with van der Waals surface area (Å²) < 4.78 is 5.49. The molecule has 0 aliphatic carbocycles. The van der Waals surface area contributed by atoms with Crippen LogP contribution in [0.2, 0.25) is 0 Å². The van der Waals surface area contributed by atoms with E-state index in [4.69, 9.17) is 4.74 Å². The lowest BCUT2D eigenvalue weighted by Crippen LogP contribution is -2.45. The Kier molecular flexibility index (Phi) is 11.7. The smallest absolute Gasteiger partial charge is 0.320 e. The Morgan fingerprint density at radius 2 is 1.33 bits per heavy atom. The lowest BCUT2D eigenvalue weighted by molar-refractivity contribution is -0.147. The highest BCUT2D eigenvalue weighted by Gasteiger charge is 2.23. The maximum atomic E-state index is 12.4. The van der Waals surface area contributed by atoms with E-state index in [0.29, 0.717) is 25.0 Å². The normalized spacial score (nSPS) is 16.4. The summed E-state index contributed by atoms with van der Waals surface area (Å²) in [6, 6.07) is 31.0. The maximum absolute atomic E-state index is 12.4. The average molecular weight is 528 g/mol. The van der Waals surface area contributed by atoms with E-state index < -0.39 is 0 Å². The molecule has 1 N–H and O–H groups in total. The van der Waals surface area contributed by atoms with Crippen molar-refractivity contribution in [2.45, 2.75) is 51.4 Å². The van der Waals surface area contributed by atoms with Gasteiger partial charge in [0.2, 0.25) is 0 Å². The second-order valence-corrected chi connectivity index (χ2v) is 10.3. The van der Waals surface area contributed by atoms with Gasteiger partial charge < -0.3 is 10.1 Å². The topological polar surface area (TPSA) is 61.9 Å². The molecule has 2 aliphatic rings. The Bertz CT molecular complexity index is 1110. The van der Waals surface area contributed by atoms with Gasteiger partial charge in [0, 0.05) is 45.1 Å². The van der Waals surface area contributed by atoms with E-state index in [1.54, 1.807) is 0 Å². The molecule has 0 radical (unpaired) electrons. The SMILES string of the molecule is O=C(CN(Cc1ccccc1)C1CCNCC1)OCc1ccccc1.O=C1CCN(Cc2ccccc2)CC1. The van der Waals surface area contributed by atoms with Gasteiger partial charge in [0.15, 0.2) is 0 Å². The van der Waals surface area contributed by atoms with Gasteiger partial charge in [-0.25, -0.2) is 0 Å². The number of ether oxygens (including phenoxy) is 1. The molecule has 2 saturated heterocycles. The van der Waals surface area contributed by atoms with E-state index in [-0.39, 0.29) is 5.97 Å². The third kappa shape index (κ3) is 10.4. The molecule has 2 heterocycles. The number of rotatable bonds is 9. The average Bonchev–Trinajstić information content (AvgIpc) is 2.99. The maximum Gasteiger partial charge on any atom is 0.320 e. The summed E-state index contributed by atoms with van der Waals surface area (Å²) in [5.74, 6) is 0.257. The molecule has 3 aromatic carbocycles. The van der Waals surface area contributed by atoms with Crippen LogP contribution >= 0.6 is 0 Å². The van der Waals surface area contributed by atoms with Crippen LogP contribution in [-0.2, 0) is 34.0 Å². The standard InChI is InChI=1S/C21H26N2O2.C12H15NO/c24-21(25-17-19-9-5-2-6-10-19)16-23(20-11-13-22-14-12-20)15-18-7-3-1-4-8-18;14-12-6-8-13(9-7-12)10-11-4-2-1-3-5-11/h1-10,20,22H,11-17H2;1-5H,6-10H2. The van der Waals surface area contributed by atoms with Crippen molar-refractivity contribution in [1.82, 2.24) is 15.1 Å². The molecule has 0 atom stereocenters. The van der Waals surface area contributed by atoms with E-state index in [1.165, 1.54) is 11.1 Å². The van der Waals surface area contributed by atoms with Crippen LogP contribution in [0, 0.1) is 0 Å². The molecule has 0 saturated carbocycles. The molecule has 0 spiro atoms. The third-order valence-corrected chi connectivity index (χ3v) is 7.29. The second-order valence-electron chi connectivity index (χ2n) is 10.3. The van der Waals surface area contributed by atoms with Crippen LogP contribution in [0.3, 0.4) is 0 Å². The van der Waals surface area contributed by atoms with Crippen LogP contribution in [0.4, 0.5) is 0 Å². The number of nitrogens with one attached hydrogen (secondary N) is 1. The summed E-state index contributed by atoms with van der Waals surface area (Å²) in [6.45, 7) is 6.31. The third-order valence-electron chi connectivity index (χ3n) is 7.29. The van der Waals surface area contributed by atoms with Gasteiger partial charge >= 0.3 is 5.97 Å². The molecule has 0 bridgehead atoms. The van der Waals surface area contributed by atoms with Gasteiger partial charge in [0.25, 0.3) is 0 Å². The number of nitrogens with zero attached hydrogens (tertiary/aromatic N) is 2. The van der Waals surface area contributed by atoms with Crippen molar-refractivity contribution in [2.24, 2.45) is 0 Å². The Morgan fingerprint density at radius 1 is 0.795 bits per heavy atom. The number of hydrogen-bond acceptors (Lipinski definition) is 6. The zero-order valence-electron chi connectivity index (χ0n) is 22.8. The summed E-state index contributed by atoms with van der Waals surface area (Å²) in [5, 5.41) is 3.39. The molecular weight excluding hydrogens is 486 g/mol. The Morgan fingerprint density at radius 3 is 1.92 bits per heavy atom. The van der Waals surface area contributed by atoms with Crippen LogP contribution in [-0.4, -0.2) is 60.3 Å². The summed E-state index contributed by atoms with van der Waals surface area (Å²) in [4.78, 5) is 28.0. The quantitative estimate of drug-likeness (QED) is 0.402. The van der Waals surface area contributed by atoms with E-state index in [0.717, 1.165) is 70.5 Å². The lowest BCUT2D eigenvalue weighted by atomic mass is 10.0. The van der Waals surface area contributed by atoms with Crippen LogP contribution in [0.15, 0.2) is 91.0 Å². The molecule has 6 nitrogen and oxygen atoms in total. The molecule has 0 amide bonds. The number of Topliss-reactive ketones (excluding diaryl/α,β-unsaturated/α-hetero) is 1. The van der Waals surface area contributed by atoms with Gasteiger partial charge in [0.05, 0.1) is 6.54 Å². The summed E-state index contributed by atoms with van der Waals surface area (Å²) >= 11 is 0. The van der Waals surface area contributed by atoms with Crippen LogP contribution < -0.4 is 5.32 Å². The van der Waals surface area contributed by atoms with E-state index in [2.05, 4.69) is 51.5 Å². The number of carbonyl (C=O) groups excluding carboxylic acids is 2. The molecule has 39 heavy (non-hydrogen) atoms. The summed E-state index contributed by atoms with van der Waals surface area (Å²) in [7, 11) is 0. The predicted molar refractivity (Wildman–Crippen MR) is 155 cm³/mol. The number of likely N-dealkylation sites (tertiary alicyclic amines) is 1. The van der Waals surface area contributed by atoms with Gasteiger partial charge in [-0.05, 0) is 42.6 Å². The molecule has 0 unspecified atom stereocenters. The van der Waals surface area contributed by atoms with Crippen molar-refractivity contribution in [3.63, 3.8) is 0 Å². The highest BCUT2D eigenvalue weighted by atomic mass is 16.5. The number of piperidine rings is 2. The van der Waals surface area contributed by atoms with Crippen molar-refractivity contribution in [3.8, 4) is 0 Å². The first kappa shape index (κ1) is 28.7. The largest absolute Gasteiger partial charge is 0.460 e. The predicted octanol–water partition coefficient (Wildman–Crippen LogP) is 4.84. The minimum Gasteiger partial charge on any atom is -0.460 e. The Balaban J connectivity index is 0.000000212. The molecule has 2 fully saturated rings. The molecule has 206 valence electrons. The van der Waals surface area contributed by atoms with Crippen molar-refractivity contribution in [3.05, 3.63) is 108 Å². The second kappa shape index (κ2) is 15.9. The Hall–Kier alpha value is -3.32. The molecular formula is C33H41N3O3.